The number of nitrogens with one attached hydrogen (secondary N) is 2. The number of carbonyl (C=O) groups is 1. The molecule has 3 atom stereocenters. The number of rotatable bonds is 9. The van der Waals surface area contributed by atoms with Gasteiger partial charge in [0.1, 0.15) is 0 Å². The molecule has 0 radical (unpaired) electrons. The van der Waals surface area contributed by atoms with E-state index < -0.39 is 12.1 Å². The van der Waals surface area contributed by atoms with Crippen LogP contribution in [0.15, 0.2) is 72.8 Å². The number of urea groups is 1. The zero-order valence-corrected chi connectivity index (χ0v) is 25.4. The number of aliphatic hydroxyl groups is 1. The van der Waals surface area contributed by atoms with E-state index in [0.717, 1.165) is 72.3 Å². The summed E-state index contributed by atoms with van der Waals surface area (Å²) in [6.45, 7) is 6.92. The summed E-state index contributed by atoms with van der Waals surface area (Å²) >= 11 is 0. The first-order chi connectivity index (χ1) is 21.5. The topological polar surface area (TPSA) is 102 Å². The molecule has 3 aliphatic heterocycles. The van der Waals surface area contributed by atoms with Gasteiger partial charge in [0.15, 0.2) is 12.1 Å². The second-order valence-corrected chi connectivity index (χ2v) is 11.8. The molecule has 44 heavy (non-hydrogen) atoms. The number of amides is 2. The van der Waals surface area contributed by atoms with Crippen molar-refractivity contribution in [2.45, 2.75) is 63.6 Å². The van der Waals surface area contributed by atoms with Crippen molar-refractivity contribution in [1.82, 2.24) is 15.5 Å². The van der Waals surface area contributed by atoms with Gasteiger partial charge >= 0.3 is 6.03 Å². The highest BCUT2D eigenvalue weighted by Crippen LogP contribution is 2.39. The minimum atomic E-state index is -0.516. The predicted octanol–water partition coefficient (Wildman–Crippen LogP) is 5.05. The van der Waals surface area contributed by atoms with Crippen LogP contribution in [-0.4, -0.2) is 67.3 Å². The lowest BCUT2D eigenvalue weighted by Gasteiger charge is -2.41. The maximum Gasteiger partial charge on any atom is 0.315 e. The Hall–Kier alpha value is -3.31. The average molecular weight is 602 g/mol. The van der Waals surface area contributed by atoms with Crippen LogP contribution in [0.2, 0.25) is 0 Å². The van der Waals surface area contributed by atoms with Crippen molar-refractivity contribution in [3.8, 4) is 11.1 Å². The van der Waals surface area contributed by atoms with Crippen molar-refractivity contribution in [3.05, 3.63) is 95.1 Å². The number of ether oxygens (including phenoxy) is 4. The molecular formula is C35H43N3O6. The number of hydrogen-bond acceptors (Lipinski definition) is 7. The average Bonchev–Trinajstić information content (AvgIpc) is 3.53. The fourth-order valence-electron chi connectivity index (χ4n) is 6.36. The molecule has 3 unspecified atom stereocenters. The van der Waals surface area contributed by atoms with E-state index in [9.17, 15) is 9.90 Å². The first-order valence-electron chi connectivity index (χ1n) is 15.7. The summed E-state index contributed by atoms with van der Waals surface area (Å²) in [7, 11) is 0. The lowest BCUT2D eigenvalue weighted by atomic mass is 9.97. The van der Waals surface area contributed by atoms with E-state index in [2.05, 4.69) is 45.9 Å². The summed E-state index contributed by atoms with van der Waals surface area (Å²) in [4.78, 5) is 14.4. The molecule has 3 saturated heterocycles. The van der Waals surface area contributed by atoms with Gasteiger partial charge in [-0.15, -0.1) is 0 Å². The van der Waals surface area contributed by atoms with Gasteiger partial charge in [-0.3, -0.25) is 0 Å². The van der Waals surface area contributed by atoms with Gasteiger partial charge in [0, 0.05) is 57.5 Å². The number of hydrogen-bond donors (Lipinski definition) is 3. The Bertz CT molecular complexity index is 1370. The zero-order chi connectivity index (χ0) is 30.4. The molecule has 0 saturated carbocycles. The molecule has 6 rings (SSSR count). The molecule has 234 valence electrons. The van der Waals surface area contributed by atoms with Gasteiger partial charge in [-0.1, -0.05) is 72.8 Å². The standard InChI is InChI=1S/C35H43N3O6/c1-2-36-34(40)37-22-29-5-3-4-6-31(29)26-11-13-28(14-12-26)33-43-30(21-32(44-33)27-9-7-25(24-39)8-10-27)23-38-17-15-35(16-18-38)41-19-20-42-35/h3-14,30,32-33,39H,2,15-24H2,1H3,(H2,36,37,40). The number of aliphatic hydroxyl groups excluding tert-OH is 1. The Morgan fingerprint density at radius 2 is 1.61 bits per heavy atom. The van der Waals surface area contributed by atoms with Gasteiger partial charge in [0.2, 0.25) is 0 Å². The molecule has 3 aromatic carbocycles. The number of benzene rings is 3. The van der Waals surface area contributed by atoms with Crippen LogP contribution in [0.25, 0.3) is 11.1 Å². The first-order valence-corrected chi connectivity index (χ1v) is 15.7. The predicted molar refractivity (Wildman–Crippen MR) is 167 cm³/mol. The molecule has 9 nitrogen and oxygen atoms in total. The van der Waals surface area contributed by atoms with Crippen molar-refractivity contribution in [1.29, 1.82) is 0 Å². The van der Waals surface area contributed by atoms with E-state index in [4.69, 9.17) is 18.9 Å². The molecule has 3 aliphatic rings. The molecule has 9 heteroatoms. The van der Waals surface area contributed by atoms with Crippen LogP contribution in [0.4, 0.5) is 4.79 Å². The van der Waals surface area contributed by atoms with Crippen LogP contribution >= 0.6 is 0 Å². The fourth-order valence-corrected chi connectivity index (χ4v) is 6.36. The van der Waals surface area contributed by atoms with E-state index >= 15 is 0 Å². The lowest BCUT2D eigenvalue weighted by molar-refractivity contribution is -0.255. The second kappa shape index (κ2) is 14.2. The molecule has 0 bridgehead atoms. The van der Waals surface area contributed by atoms with E-state index in [-0.39, 0.29) is 24.8 Å². The van der Waals surface area contributed by atoms with E-state index in [1.165, 1.54) is 0 Å². The smallest absolute Gasteiger partial charge is 0.315 e. The van der Waals surface area contributed by atoms with Gasteiger partial charge in [0.25, 0.3) is 0 Å². The molecule has 3 aromatic rings. The quantitative estimate of drug-likeness (QED) is 0.316. The van der Waals surface area contributed by atoms with Gasteiger partial charge in [-0.2, -0.15) is 0 Å². The molecule has 3 fully saturated rings. The maximum absolute atomic E-state index is 12.0. The van der Waals surface area contributed by atoms with E-state index in [0.29, 0.717) is 26.3 Å². The molecular weight excluding hydrogens is 558 g/mol. The minimum absolute atomic E-state index is 0.0154. The van der Waals surface area contributed by atoms with Gasteiger partial charge in [-0.25, -0.2) is 4.79 Å². The molecule has 3 heterocycles. The van der Waals surface area contributed by atoms with Crippen LogP contribution in [0.1, 0.15) is 60.8 Å². The normalized spacial score (nSPS) is 23.5. The summed E-state index contributed by atoms with van der Waals surface area (Å²) in [5, 5.41) is 15.2. The highest BCUT2D eigenvalue weighted by molar-refractivity contribution is 5.74. The van der Waals surface area contributed by atoms with Crippen LogP contribution < -0.4 is 10.6 Å². The van der Waals surface area contributed by atoms with Crippen LogP contribution in [-0.2, 0) is 32.1 Å². The summed E-state index contributed by atoms with van der Waals surface area (Å²) < 4.78 is 25.1. The zero-order valence-electron chi connectivity index (χ0n) is 25.4. The summed E-state index contributed by atoms with van der Waals surface area (Å²) in [5.74, 6) is -0.398. The number of piperidine rings is 1. The summed E-state index contributed by atoms with van der Waals surface area (Å²) in [5.41, 5.74) is 6.09. The number of carbonyl (C=O) groups excluding carboxylic acids is 1. The Morgan fingerprint density at radius 1 is 0.909 bits per heavy atom. The van der Waals surface area contributed by atoms with E-state index in [1.807, 2.05) is 49.4 Å². The lowest BCUT2D eigenvalue weighted by Crippen LogP contribution is -2.48. The van der Waals surface area contributed by atoms with Crippen LogP contribution in [0.5, 0.6) is 0 Å². The number of nitrogens with zero attached hydrogens (tertiary/aromatic N) is 1. The van der Waals surface area contributed by atoms with Crippen molar-refractivity contribution >= 4 is 6.03 Å². The Morgan fingerprint density at radius 3 is 2.32 bits per heavy atom. The van der Waals surface area contributed by atoms with Crippen molar-refractivity contribution in [3.63, 3.8) is 0 Å². The third-order valence-corrected chi connectivity index (χ3v) is 8.80. The largest absolute Gasteiger partial charge is 0.392 e. The fraction of sp³-hybridized carbons (Fsp3) is 0.457. The summed E-state index contributed by atoms with van der Waals surface area (Å²) in [6.07, 6.45) is 1.81. The van der Waals surface area contributed by atoms with Crippen LogP contribution in [0, 0.1) is 0 Å². The molecule has 0 aromatic heterocycles. The van der Waals surface area contributed by atoms with Crippen molar-refractivity contribution in [2.75, 3.05) is 39.4 Å². The molecule has 0 aliphatic carbocycles. The Kier molecular flexibility index (Phi) is 9.91. The first kappa shape index (κ1) is 30.7. The Labute approximate surface area is 259 Å². The van der Waals surface area contributed by atoms with Crippen molar-refractivity contribution < 1.29 is 28.8 Å². The van der Waals surface area contributed by atoms with Gasteiger partial charge in [-0.05, 0) is 34.7 Å². The Balaban J connectivity index is 1.17. The molecule has 2 amide bonds. The number of likely N-dealkylation sites (tertiary alicyclic amines) is 1. The molecule has 3 N–H and O–H groups in total. The monoisotopic (exact) mass is 601 g/mol. The SMILES string of the molecule is CCNC(=O)NCc1ccccc1-c1ccc(C2OC(CN3CCC4(CC3)OCCO4)CC(c3ccc(CO)cc3)O2)cc1. The highest BCUT2D eigenvalue weighted by atomic mass is 16.7. The highest BCUT2D eigenvalue weighted by Gasteiger charge is 2.41. The van der Waals surface area contributed by atoms with Gasteiger partial charge in [0.05, 0.1) is 32.0 Å². The minimum Gasteiger partial charge on any atom is -0.392 e. The second-order valence-electron chi connectivity index (χ2n) is 11.8. The van der Waals surface area contributed by atoms with Gasteiger partial charge < -0.3 is 39.6 Å². The van der Waals surface area contributed by atoms with Crippen molar-refractivity contribution in [2.24, 2.45) is 0 Å². The summed E-state index contributed by atoms with van der Waals surface area (Å²) in [6, 6.07) is 24.3. The van der Waals surface area contributed by atoms with E-state index in [1.54, 1.807) is 0 Å². The van der Waals surface area contributed by atoms with Crippen LogP contribution in [0.3, 0.4) is 0 Å². The maximum atomic E-state index is 12.0. The molecule has 1 spiro atoms. The third kappa shape index (κ3) is 7.31. The third-order valence-electron chi connectivity index (χ3n) is 8.80.